The summed E-state index contributed by atoms with van der Waals surface area (Å²) in [6, 6.07) is 12.7. The van der Waals surface area contributed by atoms with E-state index in [1.165, 1.54) is 11.9 Å². The van der Waals surface area contributed by atoms with Gasteiger partial charge in [0.2, 0.25) is 0 Å². The molecule has 0 radical (unpaired) electrons. The molecule has 104 valence electrons. The largest absolute Gasteiger partial charge is 0.347 e. The van der Waals surface area contributed by atoms with Crippen molar-refractivity contribution >= 4 is 17.4 Å². The Morgan fingerprint density at radius 1 is 1.15 bits per heavy atom. The minimum absolute atomic E-state index is 0.293. The van der Waals surface area contributed by atoms with Crippen LogP contribution < -0.4 is 4.90 Å². The van der Waals surface area contributed by atoms with Crippen molar-refractivity contribution in [2.75, 3.05) is 31.6 Å². The Morgan fingerprint density at radius 2 is 1.95 bits per heavy atom. The molecule has 1 atom stereocenters. The van der Waals surface area contributed by atoms with Crippen LogP contribution in [0.5, 0.6) is 0 Å². The molecule has 1 aromatic heterocycles. The molecule has 5 heteroatoms. The average molecular weight is 289 g/mol. The van der Waals surface area contributed by atoms with Gasteiger partial charge in [-0.2, -0.15) is 0 Å². The van der Waals surface area contributed by atoms with E-state index in [0.29, 0.717) is 11.2 Å². The monoisotopic (exact) mass is 288 g/mol. The van der Waals surface area contributed by atoms with Gasteiger partial charge < -0.3 is 9.80 Å². The van der Waals surface area contributed by atoms with Crippen molar-refractivity contribution in [3.05, 3.63) is 53.4 Å². The van der Waals surface area contributed by atoms with Crippen LogP contribution in [0, 0.1) is 0 Å². The van der Waals surface area contributed by atoms with Gasteiger partial charge in [-0.15, -0.1) is 0 Å². The third kappa shape index (κ3) is 2.76. The maximum atomic E-state index is 6.00. The van der Waals surface area contributed by atoms with Gasteiger partial charge >= 0.3 is 0 Å². The molecule has 0 N–H and O–H groups in total. The van der Waals surface area contributed by atoms with Gasteiger partial charge in [0.05, 0.1) is 6.04 Å². The SMILES string of the molecule is CN1CCN(c2cc(Cl)ncn2)C(c2ccccc2)C1. The van der Waals surface area contributed by atoms with Gasteiger partial charge in [0.1, 0.15) is 17.3 Å². The van der Waals surface area contributed by atoms with Crippen LogP contribution in [0.25, 0.3) is 0 Å². The highest BCUT2D eigenvalue weighted by atomic mass is 35.5. The van der Waals surface area contributed by atoms with Crippen LogP contribution in [0.1, 0.15) is 11.6 Å². The van der Waals surface area contributed by atoms with Gasteiger partial charge in [0.15, 0.2) is 0 Å². The van der Waals surface area contributed by atoms with Crippen molar-refractivity contribution < 1.29 is 0 Å². The Labute approximate surface area is 124 Å². The summed E-state index contributed by atoms with van der Waals surface area (Å²) in [5, 5.41) is 0.487. The Kier molecular flexibility index (Phi) is 3.85. The van der Waals surface area contributed by atoms with Crippen molar-refractivity contribution in [2.45, 2.75) is 6.04 Å². The van der Waals surface area contributed by atoms with E-state index in [1.54, 1.807) is 0 Å². The first-order valence-corrected chi connectivity index (χ1v) is 7.09. The van der Waals surface area contributed by atoms with Gasteiger partial charge in [-0.25, -0.2) is 9.97 Å². The first kappa shape index (κ1) is 13.3. The maximum absolute atomic E-state index is 6.00. The third-order valence-corrected chi connectivity index (χ3v) is 3.89. The Bertz CT molecular complexity index is 575. The van der Waals surface area contributed by atoms with Gasteiger partial charge in [-0.3, -0.25) is 0 Å². The van der Waals surface area contributed by atoms with E-state index < -0.39 is 0 Å². The zero-order chi connectivity index (χ0) is 13.9. The molecule has 0 bridgehead atoms. The average Bonchev–Trinajstić information content (AvgIpc) is 2.48. The summed E-state index contributed by atoms with van der Waals surface area (Å²) in [5.41, 5.74) is 1.30. The minimum Gasteiger partial charge on any atom is -0.347 e. The highest BCUT2D eigenvalue weighted by Crippen LogP contribution is 2.29. The minimum atomic E-state index is 0.293. The normalized spacial score (nSPS) is 20.1. The molecule has 20 heavy (non-hydrogen) atoms. The molecule has 1 unspecified atom stereocenters. The highest BCUT2D eigenvalue weighted by Gasteiger charge is 2.27. The van der Waals surface area contributed by atoms with Crippen LogP contribution in [-0.4, -0.2) is 41.5 Å². The summed E-state index contributed by atoms with van der Waals surface area (Å²) in [5.74, 6) is 0.895. The fourth-order valence-electron chi connectivity index (χ4n) is 2.64. The molecular weight excluding hydrogens is 272 g/mol. The van der Waals surface area contributed by atoms with E-state index in [4.69, 9.17) is 11.6 Å². The fourth-order valence-corrected chi connectivity index (χ4v) is 2.78. The standard InChI is InChI=1S/C15H17ClN4/c1-19-7-8-20(15-9-14(16)17-11-18-15)13(10-19)12-5-3-2-4-6-12/h2-6,9,11,13H,7-8,10H2,1H3. The predicted octanol–water partition coefficient (Wildman–Crippen LogP) is 2.62. The third-order valence-electron chi connectivity index (χ3n) is 3.68. The van der Waals surface area contributed by atoms with E-state index >= 15 is 0 Å². The van der Waals surface area contributed by atoms with Crippen molar-refractivity contribution in [2.24, 2.45) is 0 Å². The Morgan fingerprint density at radius 3 is 2.70 bits per heavy atom. The van der Waals surface area contributed by atoms with E-state index in [-0.39, 0.29) is 0 Å². The zero-order valence-electron chi connectivity index (χ0n) is 11.4. The number of rotatable bonds is 2. The lowest BCUT2D eigenvalue weighted by Gasteiger charge is -2.41. The van der Waals surface area contributed by atoms with Crippen molar-refractivity contribution in [3.63, 3.8) is 0 Å². The van der Waals surface area contributed by atoms with Crippen molar-refractivity contribution in [3.8, 4) is 0 Å². The molecule has 1 aliphatic rings. The summed E-state index contributed by atoms with van der Waals surface area (Å²) >= 11 is 6.00. The molecule has 0 aliphatic carbocycles. The van der Waals surface area contributed by atoms with E-state index in [0.717, 1.165) is 25.5 Å². The number of piperazine rings is 1. The van der Waals surface area contributed by atoms with Crippen molar-refractivity contribution in [1.29, 1.82) is 0 Å². The Hall–Kier alpha value is -1.65. The summed E-state index contributed by atoms with van der Waals surface area (Å²) in [6.07, 6.45) is 1.53. The van der Waals surface area contributed by atoms with Crippen LogP contribution >= 0.6 is 11.6 Å². The number of anilines is 1. The number of hydrogen-bond donors (Lipinski definition) is 0. The summed E-state index contributed by atoms with van der Waals surface area (Å²) in [4.78, 5) is 13.0. The molecule has 2 aromatic rings. The number of hydrogen-bond acceptors (Lipinski definition) is 4. The summed E-state index contributed by atoms with van der Waals surface area (Å²) < 4.78 is 0. The number of nitrogens with zero attached hydrogens (tertiary/aromatic N) is 4. The van der Waals surface area contributed by atoms with Crippen LogP contribution in [0.15, 0.2) is 42.7 Å². The maximum Gasteiger partial charge on any atom is 0.134 e. The second-order valence-electron chi connectivity index (χ2n) is 5.08. The van der Waals surface area contributed by atoms with E-state index in [2.05, 4.69) is 51.1 Å². The lowest BCUT2D eigenvalue weighted by Crippen LogP contribution is -2.47. The van der Waals surface area contributed by atoms with Crippen LogP contribution in [0.3, 0.4) is 0 Å². The smallest absolute Gasteiger partial charge is 0.134 e. The topological polar surface area (TPSA) is 32.3 Å². The predicted molar refractivity (Wildman–Crippen MR) is 81.1 cm³/mol. The molecule has 3 rings (SSSR count). The number of halogens is 1. The summed E-state index contributed by atoms with van der Waals surface area (Å²) in [6.45, 7) is 2.93. The van der Waals surface area contributed by atoms with Crippen molar-refractivity contribution in [1.82, 2.24) is 14.9 Å². The number of likely N-dealkylation sites (N-methyl/N-ethyl adjacent to an activating group) is 1. The van der Waals surface area contributed by atoms with Crippen LogP contribution in [0.4, 0.5) is 5.82 Å². The molecular formula is C15H17ClN4. The van der Waals surface area contributed by atoms with Crippen LogP contribution in [0.2, 0.25) is 5.15 Å². The first-order valence-electron chi connectivity index (χ1n) is 6.72. The van der Waals surface area contributed by atoms with Gasteiger partial charge in [-0.1, -0.05) is 41.9 Å². The van der Waals surface area contributed by atoms with E-state index in [1.807, 2.05) is 12.1 Å². The number of aromatic nitrogens is 2. The fraction of sp³-hybridized carbons (Fsp3) is 0.333. The van der Waals surface area contributed by atoms with Gasteiger partial charge in [-0.05, 0) is 12.6 Å². The van der Waals surface area contributed by atoms with Gasteiger partial charge in [0, 0.05) is 25.7 Å². The number of benzene rings is 1. The molecule has 0 amide bonds. The lowest BCUT2D eigenvalue weighted by atomic mass is 10.0. The lowest BCUT2D eigenvalue weighted by molar-refractivity contribution is 0.268. The quantitative estimate of drug-likeness (QED) is 0.795. The van der Waals surface area contributed by atoms with Gasteiger partial charge in [0.25, 0.3) is 0 Å². The second kappa shape index (κ2) is 5.77. The molecule has 4 nitrogen and oxygen atoms in total. The Balaban J connectivity index is 1.95. The molecule has 1 aromatic carbocycles. The molecule has 0 saturated carbocycles. The summed E-state index contributed by atoms with van der Waals surface area (Å²) in [7, 11) is 2.15. The molecule has 2 heterocycles. The molecule has 1 saturated heterocycles. The second-order valence-corrected chi connectivity index (χ2v) is 5.47. The molecule has 1 fully saturated rings. The zero-order valence-corrected chi connectivity index (χ0v) is 12.2. The molecule has 1 aliphatic heterocycles. The molecule has 0 spiro atoms. The first-order chi connectivity index (χ1) is 9.74. The van der Waals surface area contributed by atoms with E-state index in [9.17, 15) is 0 Å². The van der Waals surface area contributed by atoms with Crippen LogP contribution in [-0.2, 0) is 0 Å². The highest BCUT2D eigenvalue weighted by molar-refractivity contribution is 6.29.